The van der Waals surface area contributed by atoms with Crippen LogP contribution < -0.4 is 15.2 Å². The molecule has 3 nitrogen and oxygen atoms in total. The molecule has 1 aromatic heterocycles. The van der Waals surface area contributed by atoms with Crippen molar-refractivity contribution < 1.29 is 4.39 Å². The maximum atomic E-state index is 13.5. The van der Waals surface area contributed by atoms with E-state index in [0.29, 0.717) is 11.1 Å². The number of nitrogens with zero attached hydrogens (tertiary/aromatic N) is 2. The summed E-state index contributed by atoms with van der Waals surface area (Å²) in [6, 6.07) is 12.2. The summed E-state index contributed by atoms with van der Waals surface area (Å²) in [5.74, 6) is -0.377. The van der Waals surface area contributed by atoms with Crippen LogP contribution in [0.4, 0.5) is 15.8 Å². The molecule has 0 bridgehead atoms. The number of halogens is 2. The second-order valence-corrected chi connectivity index (χ2v) is 7.33. The van der Waals surface area contributed by atoms with Gasteiger partial charge in [0.05, 0.1) is 16.4 Å². The third kappa shape index (κ3) is 3.10. The first-order chi connectivity index (χ1) is 12.1. The van der Waals surface area contributed by atoms with E-state index in [-0.39, 0.29) is 11.2 Å². The highest BCUT2D eigenvalue weighted by atomic mass is 35.5. The number of hydrogen-bond acceptors (Lipinski definition) is 4. The Morgan fingerprint density at radius 3 is 2.36 bits per heavy atom. The van der Waals surface area contributed by atoms with Gasteiger partial charge >= 0.3 is 0 Å². The fourth-order valence-corrected chi connectivity index (χ4v) is 4.38. The van der Waals surface area contributed by atoms with Crippen molar-refractivity contribution in [3.63, 3.8) is 0 Å². The van der Waals surface area contributed by atoms with Crippen LogP contribution in [0.15, 0.2) is 52.6 Å². The van der Waals surface area contributed by atoms with Crippen molar-refractivity contribution in [3.8, 4) is 0 Å². The maximum absolute atomic E-state index is 13.5. The standard InChI is InChI=1S/C19H16ClFN2OS/c20-15-3-1-2-4-16(15)22-7-9-23(10-8-22)17-12-25-18-6-5-13(21)11-14(18)19(17)24/h1-6,11-12H,7-10H2. The van der Waals surface area contributed by atoms with Gasteiger partial charge in [-0.25, -0.2) is 4.39 Å². The lowest BCUT2D eigenvalue weighted by molar-refractivity contribution is 0.629. The molecule has 1 saturated heterocycles. The molecule has 0 aliphatic carbocycles. The van der Waals surface area contributed by atoms with Crippen LogP contribution in [0.2, 0.25) is 5.02 Å². The normalized spacial score (nSPS) is 15.0. The summed E-state index contributed by atoms with van der Waals surface area (Å²) in [5.41, 5.74) is 1.58. The molecule has 4 rings (SSSR count). The van der Waals surface area contributed by atoms with Crippen molar-refractivity contribution in [1.82, 2.24) is 0 Å². The molecule has 2 heterocycles. The molecular weight excluding hydrogens is 359 g/mol. The molecule has 0 spiro atoms. The summed E-state index contributed by atoms with van der Waals surface area (Å²) >= 11 is 7.75. The van der Waals surface area contributed by atoms with Gasteiger partial charge in [-0.15, -0.1) is 11.3 Å². The van der Waals surface area contributed by atoms with Gasteiger partial charge in [0.15, 0.2) is 0 Å². The number of benzene rings is 2. The van der Waals surface area contributed by atoms with Gasteiger partial charge < -0.3 is 9.80 Å². The monoisotopic (exact) mass is 374 g/mol. The molecular formula is C19H16ClFN2OS. The van der Waals surface area contributed by atoms with Gasteiger partial charge in [-0.05, 0) is 30.3 Å². The van der Waals surface area contributed by atoms with Crippen LogP contribution in [0.25, 0.3) is 10.1 Å². The zero-order valence-electron chi connectivity index (χ0n) is 13.4. The van der Waals surface area contributed by atoms with E-state index in [1.54, 1.807) is 6.07 Å². The largest absolute Gasteiger partial charge is 0.367 e. The van der Waals surface area contributed by atoms with E-state index in [1.807, 2.05) is 29.6 Å². The molecule has 0 radical (unpaired) electrons. The van der Waals surface area contributed by atoms with Crippen molar-refractivity contribution >= 4 is 44.4 Å². The maximum Gasteiger partial charge on any atom is 0.211 e. The van der Waals surface area contributed by atoms with Gasteiger partial charge in [-0.3, -0.25) is 4.79 Å². The third-order valence-corrected chi connectivity index (χ3v) is 5.80. The second-order valence-electron chi connectivity index (χ2n) is 6.02. The third-order valence-electron chi connectivity index (χ3n) is 4.53. The predicted molar refractivity (Wildman–Crippen MR) is 104 cm³/mol. The summed E-state index contributed by atoms with van der Waals surface area (Å²) in [6.07, 6.45) is 0. The van der Waals surface area contributed by atoms with Gasteiger partial charge in [-0.1, -0.05) is 23.7 Å². The quantitative estimate of drug-likeness (QED) is 0.665. The Labute approximate surface area is 153 Å². The van der Waals surface area contributed by atoms with Gasteiger partial charge in [0.25, 0.3) is 0 Å². The molecule has 1 aliphatic rings. The molecule has 3 aromatic rings. The fraction of sp³-hybridized carbons (Fsp3) is 0.211. The molecule has 0 saturated carbocycles. The average molecular weight is 375 g/mol. The van der Waals surface area contributed by atoms with Gasteiger partial charge in [0, 0.05) is 41.6 Å². The Hall–Kier alpha value is -2.11. The molecule has 6 heteroatoms. The van der Waals surface area contributed by atoms with E-state index in [4.69, 9.17) is 11.6 Å². The van der Waals surface area contributed by atoms with E-state index in [2.05, 4.69) is 9.80 Å². The Morgan fingerprint density at radius 2 is 1.64 bits per heavy atom. The lowest BCUT2D eigenvalue weighted by atomic mass is 10.2. The van der Waals surface area contributed by atoms with E-state index in [0.717, 1.165) is 41.6 Å². The highest BCUT2D eigenvalue weighted by Crippen LogP contribution is 2.28. The van der Waals surface area contributed by atoms with Crippen LogP contribution in [0.5, 0.6) is 0 Å². The SMILES string of the molecule is O=c1c(N2CCN(c3ccccc3Cl)CC2)csc2ccc(F)cc12. The van der Waals surface area contributed by atoms with Crippen molar-refractivity contribution in [1.29, 1.82) is 0 Å². The molecule has 2 aromatic carbocycles. The number of piperazine rings is 1. The molecule has 128 valence electrons. The van der Waals surface area contributed by atoms with E-state index < -0.39 is 0 Å². The highest BCUT2D eigenvalue weighted by molar-refractivity contribution is 7.16. The minimum atomic E-state index is -0.377. The number of fused-ring (bicyclic) bond motifs is 1. The molecule has 25 heavy (non-hydrogen) atoms. The Balaban J connectivity index is 1.59. The van der Waals surface area contributed by atoms with Crippen molar-refractivity contribution in [3.05, 3.63) is 68.9 Å². The second kappa shape index (κ2) is 6.65. The van der Waals surface area contributed by atoms with Gasteiger partial charge in [0.1, 0.15) is 5.82 Å². The summed E-state index contributed by atoms with van der Waals surface area (Å²) in [7, 11) is 0. The Bertz CT molecular complexity index is 983. The van der Waals surface area contributed by atoms with Crippen molar-refractivity contribution in [2.24, 2.45) is 0 Å². The highest BCUT2D eigenvalue weighted by Gasteiger charge is 2.21. The van der Waals surface area contributed by atoms with Crippen LogP contribution >= 0.6 is 22.9 Å². The number of anilines is 2. The molecule has 0 unspecified atom stereocenters. The molecule has 1 fully saturated rings. The number of rotatable bonds is 2. The average Bonchev–Trinajstić information content (AvgIpc) is 2.63. The predicted octanol–water partition coefficient (Wildman–Crippen LogP) is 4.38. The Morgan fingerprint density at radius 1 is 0.960 bits per heavy atom. The minimum absolute atomic E-state index is 0.0977. The van der Waals surface area contributed by atoms with Crippen LogP contribution in [0.3, 0.4) is 0 Å². The van der Waals surface area contributed by atoms with Crippen LogP contribution in [0.1, 0.15) is 0 Å². The number of para-hydroxylation sites is 1. The van der Waals surface area contributed by atoms with Crippen LogP contribution in [-0.4, -0.2) is 26.2 Å². The summed E-state index contributed by atoms with van der Waals surface area (Å²) < 4.78 is 14.3. The first-order valence-electron chi connectivity index (χ1n) is 8.09. The van der Waals surface area contributed by atoms with E-state index >= 15 is 0 Å². The van der Waals surface area contributed by atoms with E-state index in [9.17, 15) is 9.18 Å². The topological polar surface area (TPSA) is 23.6 Å². The van der Waals surface area contributed by atoms with Crippen molar-refractivity contribution in [2.75, 3.05) is 36.0 Å². The smallest absolute Gasteiger partial charge is 0.211 e. The molecule has 1 aliphatic heterocycles. The lowest BCUT2D eigenvalue weighted by Gasteiger charge is -2.37. The van der Waals surface area contributed by atoms with Crippen LogP contribution in [0, 0.1) is 5.82 Å². The molecule has 0 N–H and O–H groups in total. The minimum Gasteiger partial charge on any atom is -0.367 e. The fourth-order valence-electron chi connectivity index (χ4n) is 3.21. The lowest BCUT2D eigenvalue weighted by Crippen LogP contribution is -2.47. The van der Waals surface area contributed by atoms with E-state index in [1.165, 1.54) is 23.5 Å². The first kappa shape index (κ1) is 16.4. The zero-order chi connectivity index (χ0) is 17.4. The summed E-state index contributed by atoms with van der Waals surface area (Å²) in [6.45, 7) is 3.03. The zero-order valence-corrected chi connectivity index (χ0v) is 15.0. The Kier molecular flexibility index (Phi) is 4.36. The first-order valence-corrected chi connectivity index (χ1v) is 9.35. The van der Waals surface area contributed by atoms with Crippen molar-refractivity contribution in [2.45, 2.75) is 0 Å². The summed E-state index contributed by atoms with van der Waals surface area (Å²) in [4.78, 5) is 17.1. The summed E-state index contributed by atoms with van der Waals surface area (Å²) in [5, 5.41) is 3.08. The number of hydrogen-bond donors (Lipinski definition) is 0. The van der Waals surface area contributed by atoms with Gasteiger partial charge in [0.2, 0.25) is 5.43 Å². The van der Waals surface area contributed by atoms with Gasteiger partial charge in [-0.2, -0.15) is 0 Å². The molecule has 0 atom stereocenters. The van der Waals surface area contributed by atoms with Crippen LogP contribution in [-0.2, 0) is 0 Å². The molecule has 0 amide bonds.